The van der Waals surface area contributed by atoms with Gasteiger partial charge in [-0.15, -0.1) is 0 Å². The third-order valence-electron chi connectivity index (χ3n) is 4.15. The maximum absolute atomic E-state index is 5.78. The first-order valence-electron chi connectivity index (χ1n) is 7.55. The molecule has 1 unspecified atom stereocenters. The third kappa shape index (κ3) is 2.38. The fourth-order valence-electron chi connectivity index (χ4n) is 3.03. The molecule has 3 heterocycles. The van der Waals surface area contributed by atoms with E-state index in [0.717, 1.165) is 49.7 Å². The van der Waals surface area contributed by atoms with E-state index in [1.807, 2.05) is 24.7 Å². The number of aromatic nitrogens is 2. The van der Waals surface area contributed by atoms with Crippen molar-refractivity contribution < 1.29 is 9.47 Å². The highest BCUT2D eigenvalue weighted by atomic mass is 16.5. The molecule has 2 aromatic rings. The Labute approximate surface area is 123 Å². The zero-order chi connectivity index (χ0) is 14.1. The van der Waals surface area contributed by atoms with Crippen LogP contribution in [0.25, 0.3) is 5.69 Å². The number of benzene rings is 1. The van der Waals surface area contributed by atoms with Gasteiger partial charge in [-0.25, -0.2) is 4.98 Å². The fraction of sp³-hybridized carbons (Fsp3) is 0.438. The highest BCUT2D eigenvalue weighted by Gasteiger charge is 2.21. The summed E-state index contributed by atoms with van der Waals surface area (Å²) in [7, 11) is 0. The normalized spacial score (nSPS) is 21.2. The molecule has 110 valence electrons. The minimum absolute atomic E-state index is 0.531. The van der Waals surface area contributed by atoms with Crippen molar-refractivity contribution in [1.29, 1.82) is 0 Å². The summed E-state index contributed by atoms with van der Waals surface area (Å²) >= 11 is 0. The number of ether oxygens (including phenoxy) is 2. The van der Waals surface area contributed by atoms with Gasteiger partial charge in [-0.05, 0) is 25.1 Å². The lowest BCUT2D eigenvalue weighted by Gasteiger charge is -2.15. The van der Waals surface area contributed by atoms with E-state index in [4.69, 9.17) is 9.47 Å². The summed E-state index contributed by atoms with van der Waals surface area (Å²) in [6, 6.07) is 6.11. The highest BCUT2D eigenvalue weighted by molar-refractivity contribution is 5.50. The second-order valence-corrected chi connectivity index (χ2v) is 5.56. The molecule has 2 aliphatic rings. The molecule has 2 aliphatic heterocycles. The molecule has 1 aromatic carbocycles. The second kappa shape index (κ2) is 5.41. The molecule has 0 radical (unpaired) electrons. The van der Waals surface area contributed by atoms with Gasteiger partial charge in [0.15, 0.2) is 11.5 Å². The molecule has 0 amide bonds. The van der Waals surface area contributed by atoms with Gasteiger partial charge in [0.25, 0.3) is 0 Å². The smallest absolute Gasteiger partial charge is 0.163 e. The minimum atomic E-state index is 0.531. The molecular weight excluding hydrogens is 266 g/mol. The highest BCUT2D eigenvalue weighted by Crippen LogP contribution is 2.33. The number of imidazole rings is 1. The van der Waals surface area contributed by atoms with E-state index in [0.29, 0.717) is 12.5 Å². The zero-order valence-corrected chi connectivity index (χ0v) is 11.9. The van der Waals surface area contributed by atoms with E-state index >= 15 is 0 Å². The predicted octanol–water partition coefficient (Wildman–Crippen LogP) is 2.11. The number of nitrogens with one attached hydrogen (secondary N) is 1. The molecule has 5 nitrogen and oxygen atoms in total. The van der Waals surface area contributed by atoms with E-state index in [1.165, 1.54) is 5.69 Å². The second-order valence-electron chi connectivity index (χ2n) is 5.56. The summed E-state index contributed by atoms with van der Waals surface area (Å²) in [6.07, 6.45) is 5.94. The predicted molar refractivity (Wildman–Crippen MR) is 79.4 cm³/mol. The van der Waals surface area contributed by atoms with E-state index in [2.05, 4.69) is 20.9 Å². The number of rotatable bonds is 2. The largest absolute Gasteiger partial charge is 0.490 e. The molecule has 5 heteroatoms. The van der Waals surface area contributed by atoms with Crippen molar-refractivity contribution >= 4 is 0 Å². The molecule has 1 atom stereocenters. The van der Waals surface area contributed by atoms with Gasteiger partial charge in [0.05, 0.1) is 25.2 Å². The number of hydrogen-bond donors (Lipinski definition) is 1. The Morgan fingerprint density at radius 3 is 2.95 bits per heavy atom. The number of fused-ring (bicyclic) bond motifs is 1. The Balaban J connectivity index is 1.70. The van der Waals surface area contributed by atoms with Crippen molar-refractivity contribution in [1.82, 2.24) is 14.9 Å². The van der Waals surface area contributed by atoms with Crippen LogP contribution in [0.3, 0.4) is 0 Å². The molecule has 1 fully saturated rings. The van der Waals surface area contributed by atoms with E-state index < -0.39 is 0 Å². The molecule has 0 aliphatic carbocycles. The Morgan fingerprint density at radius 1 is 1.19 bits per heavy atom. The van der Waals surface area contributed by atoms with Crippen molar-refractivity contribution in [2.75, 3.05) is 26.3 Å². The molecule has 1 N–H and O–H groups in total. The van der Waals surface area contributed by atoms with E-state index in [-0.39, 0.29) is 0 Å². The molecule has 1 aromatic heterocycles. The summed E-state index contributed by atoms with van der Waals surface area (Å²) in [5, 5.41) is 3.41. The van der Waals surface area contributed by atoms with Gasteiger partial charge in [0, 0.05) is 36.8 Å². The van der Waals surface area contributed by atoms with Gasteiger partial charge in [0.2, 0.25) is 0 Å². The van der Waals surface area contributed by atoms with E-state index in [9.17, 15) is 0 Å². The maximum Gasteiger partial charge on any atom is 0.163 e. The lowest BCUT2D eigenvalue weighted by molar-refractivity contribution is 0.297. The van der Waals surface area contributed by atoms with Gasteiger partial charge < -0.3 is 19.4 Å². The van der Waals surface area contributed by atoms with Crippen molar-refractivity contribution in [2.24, 2.45) is 0 Å². The van der Waals surface area contributed by atoms with Gasteiger partial charge >= 0.3 is 0 Å². The monoisotopic (exact) mass is 285 g/mol. The van der Waals surface area contributed by atoms with Crippen LogP contribution in [-0.4, -0.2) is 35.9 Å². The minimum Gasteiger partial charge on any atom is -0.490 e. The SMILES string of the molecule is c1cc2c(cc1-n1cncc1C1CCNC1)OCCCO2. The molecule has 4 rings (SSSR count). The van der Waals surface area contributed by atoms with Gasteiger partial charge in [-0.1, -0.05) is 0 Å². The van der Waals surface area contributed by atoms with Gasteiger partial charge in [0.1, 0.15) is 0 Å². The quantitative estimate of drug-likeness (QED) is 0.918. The fourth-order valence-corrected chi connectivity index (χ4v) is 3.03. The summed E-state index contributed by atoms with van der Waals surface area (Å²) in [4.78, 5) is 4.34. The molecule has 0 bridgehead atoms. The number of nitrogens with zero attached hydrogens (tertiary/aromatic N) is 2. The van der Waals surface area contributed by atoms with Crippen molar-refractivity contribution in [3.63, 3.8) is 0 Å². The van der Waals surface area contributed by atoms with Crippen molar-refractivity contribution in [2.45, 2.75) is 18.8 Å². The lowest BCUT2D eigenvalue weighted by Crippen LogP contribution is -2.10. The summed E-state index contributed by atoms with van der Waals surface area (Å²) in [6.45, 7) is 3.53. The average molecular weight is 285 g/mol. The molecule has 0 spiro atoms. The molecule has 21 heavy (non-hydrogen) atoms. The van der Waals surface area contributed by atoms with Crippen LogP contribution in [0.2, 0.25) is 0 Å². The van der Waals surface area contributed by atoms with E-state index in [1.54, 1.807) is 0 Å². The summed E-state index contributed by atoms with van der Waals surface area (Å²) in [5.41, 5.74) is 2.34. The van der Waals surface area contributed by atoms with Crippen LogP contribution in [-0.2, 0) is 0 Å². The van der Waals surface area contributed by atoms with Crippen molar-refractivity contribution in [3.8, 4) is 17.2 Å². The number of hydrogen-bond acceptors (Lipinski definition) is 4. The van der Waals surface area contributed by atoms with Crippen LogP contribution in [0, 0.1) is 0 Å². The van der Waals surface area contributed by atoms with Crippen LogP contribution in [0.1, 0.15) is 24.5 Å². The summed E-state index contributed by atoms with van der Waals surface area (Å²) < 4.78 is 13.6. The van der Waals surface area contributed by atoms with Gasteiger partial charge in [-0.3, -0.25) is 0 Å². The van der Waals surface area contributed by atoms with Crippen LogP contribution in [0.5, 0.6) is 11.5 Å². The van der Waals surface area contributed by atoms with Crippen LogP contribution in [0.15, 0.2) is 30.7 Å². The average Bonchev–Trinajstić information content (AvgIpc) is 3.13. The van der Waals surface area contributed by atoms with Gasteiger partial charge in [-0.2, -0.15) is 0 Å². The van der Waals surface area contributed by atoms with Crippen molar-refractivity contribution in [3.05, 3.63) is 36.4 Å². The first-order chi connectivity index (χ1) is 10.4. The Kier molecular flexibility index (Phi) is 3.27. The van der Waals surface area contributed by atoms with Crippen LogP contribution < -0.4 is 14.8 Å². The standard InChI is InChI=1S/C16H19N3O2/c1-6-20-15-3-2-13(8-16(15)21-7-1)19-11-18-10-14(19)12-4-5-17-9-12/h2-3,8,10-12,17H,1,4-7,9H2. The molecular formula is C16H19N3O2. The zero-order valence-electron chi connectivity index (χ0n) is 11.9. The van der Waals surface area contributed by atoms with Crippen LogP contribution >= 0.6 is 0 Å². The topological polar surface area (TPSA) is 48.3 Å². The molecule has 1 saturated heterocycles. The Hall–Kier alpha value is -2.01. The summed E-state index contributed by atoms with van der Waals surface area (Å²) in [5.74, 6) is 2.19. The first kappa shape index (κ1) is 12.7. The molecule has 0 saturated carbocycles. The maximum atomic E-state index is 5.78. The third-order valence-corrected chi connectivity index (χ3v) is 4.15. The first-order valence-corrected chi connectivity index (χ1v) is 7.55. The Morgan fingerprint density at radius 2 is 2.10 bits per heavy atom. The van der Waals surface area contributed by atoms with Crippen LogP contribution in [0.4, 0.5) is 0 Å². The Bertz CT molecular complexity index is 632. The lowest BCUT2D eigenvalue weighted by atomic mass is 10.1.